The molecule has 0 spiro atoms. The smallest absolute Gasteiger partial charge is 0.346 e. The molecule has 2 aromatic heterocycles. The van der Waals surface area contributed by atoms with E-state index in [9.17, 15) is 42.5 Å². The average Bonchev–Trinajstić information content (AvgIpc) is 3.59. The van der Waals surface area contributed by atoms with E-state index in [1.807, 2.05) is 6.07 Å². The number of hydrogen-bond acceptors (Lipinski definition) is 12. The molecule has 4 N–H and O–H groups in total. The minimum absolute atomic E-state index is 0.0328. The molecule has 5 atom stereocenters. The Morgan fingerprint density at radius 2 is 1.66 bits per heavy atom. The van der Waals surface area contributed by atoms with Gasteiger partial charge in [0.15, 0.2) is 26.7 Å². The highest BCUT2D eigenvalue weighted by Crippen LogP contribution is 2.44. The normalized spacial score (nSPS) is 23.8. The van der Waals surface area contributed by atoms with Crippen molar-refractivity contribution in [1.82, 2.24) is 9.55 Å². The quantitative estimate of drug-likeness (QED) is 0.0333. The van der Waals surface area contributed by atoms with Gasteiger partial charge in [0, 0.05) is 24.5 Å². The highest BCUT2D eigenvalue weighted by atomic mass is 35.5. The van der Waals surface area contributed by atoms with E-state index in [2.05, 4.69) is 33.4 Å². The summed E-state index contributed by atoms with van der Waals surface area (Å²) in [6.45, 7) is 4.66. The molecule has 53 heavy (non-hydrogen) atoms. The number of nitrogens with one attached hydrogen (secondary N) is 1. The van der Waals surface area contributed by atoms with Gasteiger partial charge in [-0.15, -0.1) is 0 Å². The molecule has 2 fully saturated rings. The van der Waals surface area contributed by atoms with Crippen LogP contribution in [0.2, 0.25) is 5.15 Å². The monoisotopic (exact) mass is 808 g/mol. The standard InChI is InChI=1S/C21H25ClFN4O10PS.C14H30/c1-10(28)35-8-36-38(31,32)9-39(33,34)7-15-17(29)18(30)21(37-15)27-3-2-13-16(25-12-4-11(23)5-12)14(6-24)19(22)26-20(13)27;1-3-5-7-9-11-13-14-12-10-8-6-4-2/h2-3,11-12,15,17-18,21,29-30H,4-5,7-9H2,1H3,(H,25,26)(H,31,32);3-14H2,1-2H3/t11?,12?,15-,17-,18-,21-;/m1./s1. The summed E-state index contributed by atoms with van der Waals surface area (Å²) in [6.07, 6.45) is 12.2. The Hall–Kier alpha value is -2.35. The molecule has 2 aliphatic rings. The largest absolute Gasteiger partial charge is 0.438 e. The van der Waals surface area contributed by atoms with Gasteiger partial charge in [0.1, 0.15) is 41.8 Å². The summed E-state index contributed by atoms with van der Waals surface area (Å²) in [6, 6.07) is 3.27. The van der Waals surface area contributed by atoms with Crippen molar-refractivity contribution >= 4 is 51.7 Å². The molecule has 300 valence electrons. The van der Waals surface area contributed by atoms with Crippen LogP contribution in [0.1, 0.15) is 122 Å². The zero-order valence-electron chi connectivity index (χ0n) is 30.8. The molecular formula is C35H55ClFN4O10PS. The minimum Gasteiger partial charge on any atom is -0.438 e. The number of ether oxygens (including phenoxy) is 2. The highest BCUT2D eigenvalue weighted by Gasteiger charge is 2.47. The van der Waals surface area contributed by atoms with Crippen LogP contribution in [-0.4, -0.2) is 87.6 Å². The second kappa shape index (κ2) is 21.7. The number of aliphatic hydroxyl groups is 2. The fraction of sp³-hybridized carbons (Fsp3) is 0.743. The molecule has 1 aliphatic heterocycles. The van der Waals surface area contributed by atoms with Gasteiger partial charge in [-0.1, -0.05) is 102 Å². The van der Waals surface area contributed by atoms with Crippen LogP contribution in [0.15, 0.2) is 12.3 Å². The van der Waals surface area contributed by atoms with Gasteiger partial charge in [-0.2, -0.15) is 5.26 Å². The fourth-order valence-corrected chi connectivity index (χ4v) is 10.2. The second-order valence-corrected chi connectivity index (χ2v) is 18.5. The zero-order valence-corrected chi connectivity index (χ0v) is 33.3. The Morgan fingerprint density at radius 3 is 2.17 bits per heavy atom. The number of rotatable bonds is 21. The lowest BCUT2D eigenvalue weighted by atomic mass is 9.90. The van der Waals surface area contributed by atoms with Gasteiger partial charge in [-0.05, 0) is 18.9 Å². The summed E-state index contributed by atoms with van der Waals surface area (Å²) in [4.78, 5) is 24.8. The van der Waals surface area contributed by atoms with Gasteiger partial charge in [-0.25, -0.2) is 17.8 Å². The molecule has 0 bridgehead atoms. The molecular weight excluding hydrogens is 754 g/mol. The number of esters is 1. The molecule has 4 rings (SSSR count). The van der Waals surface area contributed by atoms with Crippen LogP contribution in [0.25, 0.3) is 11.0 Å². The van der Waals surface area contributed by atoms with Gasteiger partial charge < -0.3 is 34.5 Å². The van der Waals surface area contributed by atoms with E-state index < -0.39 is 72.2 Å². The maximum Gasteiger partial charge on any atom is 0.346 e. The van der Waals surface area contributed by atoms with Gasteiger partial charge in [0.25, 0.3) is 0 Å². The molecule has 2 aromatic rings. The van der Waals surface area contributed by atoms with Gasteiger partial charge in [0.2, 0.25) is 6.79 Å². The Labute approximate surface area is 316 Å². The summed E-state index contributed by atoms with van der Waals surface area (Å²) >= 11 is 6.23. The summed E-state index contributed by atoms with van der Waals surface area (Å²) in [7, 11) is -9.14. The Kier molecular flexibility index (Phi) is 18.4. The lowest BCUT2D eigenvalue weighted by molar-refractivity contribution is -0.147. The number of aromatic nitrogens is 2. The van der Waals surface area contributed by atoms with Crippen molar-refractivity contribution < 1.29 is 51.3 Å². The van der Waals surface area contributed by atoms with E-state index in [1.54, 1.807) is 6.07 Å². The third kappa shape index (κ3) is 14.0. The molecule has 0 radical (unpaired) electrons. The number of hydrogen-bond donors (Lipinski definition) is 4. The number of sulfone groups is 1. The lowest BCUT2D eigenvalue weighted by Gasteiger charge is -2.31. The van der Waals surface area contributed by atoms with E-state index in [4.69, 9.17) is 16.3 Å². The van der Waals surface area contributed by atoms with E-state index >= 15 is 0 Å². The van der Waals surface area contributed by atoms with Crippen molar-refractivity contribution in [2.24, 2.45) is 0 Å². The fourth-order valence-electron chi connectivity index (χ4n) is 6.26. The number of carbonyl (C=O) groups excluding carboxylic acids is 1. The summed E-state index contributed by atoms with van der Waals surface area (Å²) < 4.78 is 66.4. The molecule has 0 amide bonds. The van der Waals surface area contributed by atoms with E-state index in [0.717, 1.165) is 6.92 Å². The molecule has 3 heterocycles. The Bertz CT molecular complexity index is 1660. The molecule has 0 aromatic carbocycles. The van der Waals surface area contributed by atoms with Gasteiger partial charge >= 0.3 is 13.6 Å². The highest BCUT2D eigenvalue weighted by molar-refractivity contribution is 7.97. The van der Waals surface area contributed by atoms with Crippen LogP contribution >= 0.6 is 19.2 Å². The number of anilines is 1. The van der Waals surface area contributed by atoms with Gasteiger partial charge in [-0.3, -0.25) is 13.9 Å². The zero-order chi connectivity index (χ0) is 39.2. The maximum absolute atomic E-state index is 13.4. The Morgan fingerprint density at radius 1 is 1.09 bits per heavy atom. The minimum atomic E-state index is -4.74. The van der Waals surface area contributed by atoms with Crippen molar-refractivity contribution in [3.05, 3.63) is 23.0 Å². The average molecular weight is 809 g/mol. The number of pyridine rings is 1. The first-order chi connectivity index (χ1) is 25.1. The third-order valence-electron chi connectivity index (χ3n) is 9.22. The van der Waals surface area contributed by atoms with Gasteiger partial charge in [0.05, 0.1) is 11.4 Å². The molecule has 1 aliphatic carbocycles. The molecule has 14 nitrogen and oxygen atoms in total. The number of carbonyl (C=O) groups is 1. The van der Waals surface area contributed by atoms with Crippen molar-refractivity contribution in [2.75, 3.05) is 23.4 Å². The number of unbranched alkanes of at least 4 members (excludes halogenated alkanes) is 11. The number of aliphatic hydroxyl groups excluding tert-OH is 2. The first kappa shape index (κ1) is 45.0. The molecule has 1 saturated heterocycles. The second-order valence-electron chi connectivity index (χ2n) is 13.8. The summed E-state index contributed by atoms with van der Waals surface area (Å²) in [5.41, 5.74) is -0.880. The number of halogens is 2. The topological polar surface area (TPSA) is 210 Å². The summed E-state index contributed by atoms with van der Waals surface area (Å²) in [5, 5.41) is 34.1. The van der Waals surface area contributed by atoms with Crippen LogP contribution < -0.4 is 5.32 Å². The van der Waals surface area contributed by atoms with Crippen molar-refractivity contribution in [2.45, 2.75) is 147 Å². The lowest BCUT2D eigenvalue weighted by Crippen LogP contribution is -2.36. The van der Waals surface area contributed by atoms with E-state index in [-0.39, 0.29) is 35.2 Å². The van der Waals surface area contributed by atoms with Crippen LogP contribution in [0, 0.1) is 11.3 Å². The number of nitriles is 1. The molecule has 1 unspecified atom stereocenters. The van der Waals surface area contributed by atoms with Crippen molar-refractivity contribution in [3.8, 4) is 6.07 Å². The summed E-state index contributed by atoms with van der Waals surface area (Å²) in [5.74, 6) is -1.76. The van der Waals surface area contributed by atoms with E-state index in [0.29, 0.717) is 11.1 Å². The van der Waals surface area contributed by atoms with Crippen LogP contribution in [-0.2, 0) is 33.2 Å². The van der Waals surface area contributed by atoms with E-state index in [1.165, 1.54) is 87.8 Å². The predicted molar refractivity (Wildman–Crippen MR) is 200 cm³/mol. The molecule has 18 heteroatoms. The molecule has 1 saturated carbocycles. The van der Waals surface area contributed by atoms with Crippen LogP contribution in [0.3, 0.4) is 0 Å². The van der Waals surface area contributed by atoms with Crippen molar-refractivity contribution in [1.29, 1.82) is 5.26 Å². The first-order valence-corrected chi connectivity index (χ1v) is 22.4. The SMILES string of the molecule is CC(=O)OCOP(=O)(O)CS(=O)(=O)C[C@H]1O[C@@H](n2ccc3c(NC4CC(F)C4)c(C#N)c(Cl)nc32)[C@H](O)[C@@H]1O.CCCCCCCCCCCCCC. The number of nitrogens with zero attached hydrogens (tertiary/aromatic N) is 3. The third-order valence-corrected chi connectivity index (χ3v) is 13.7. The van der Waals surface area contributed by atoms with Crippen LogP contribution in [0.4, 0.5) is 10.1 Å². The number of fused-ring (bicyclic) bond motifs is 1. The maximum atomic E-state index is 13.4. The number of alkyl halides is 1. The first-order valence-electron chi connectivity index (χ1n) is 18.4. The Balaban J connectivity index is 0.000000458. The predicted octanol–water partition coefficient (Wildman–Crippen LogP) is 6.90. The van der Waals surface area contributed by atoms with Crippen molar-refractivity contribution in [3.63, 3.8) is 0 Å². The van der Waals surface area contributed by atoms with Crippen LogP contribution in [0.5, 0.6) is 0 Å².